The number of hydrogen-bond donors (Lipinski definition) is 1. The molecule has 1 saturated heterocycles. The molecule has 2 aliphatic heterocycles. The molecule has 1 atom stereocenters. The molecular formula is C23H16ClFN2O3. The molecule has 150 valence electrons. The molecule has 1 unspecified atom stereocenters. The lowest BCUT2D eigenvalue weighted by Crippen LogP contribution is -2.53. The summed E-state index contributed by atoms with van der Waals surface area (Å²) in [4.78, 5) is 38.6. The van der Waals surface area contributed by atoms with E-state index in [1.807, 2.05) is 24.3 Å². The summed E-state index contributed by atoms with van der Waals surface area (Å²) in [6, 6.07) is 13.2. The van der Waals surface area contributed by atoms with Crippen molar-refractivity contribution in [2.75, 3.05) is 4.90 Å². The summed E-state index contributed by atoms with van der Waals surface area (Å²) in [5, 5.41) is 4.08. The fourth-order valence-electron chi connectivity index (χ4n) is 4.33. The van der Waals surface area contributed by atoms with Crippen molar-refractivity contribution in [3.05, 3.63) is 76.1 Å². The Morgan fingerprint density at radius 2 is 1.93 bits per heavy atom. The zero-order valence-electron chi connectivity index (χ0n) is 15.7. The summed E-state index contributed by atoms with van der Waals surface area (Å²) in [5.74, 6) is -1.48. The molecule has 3 amide bonds. The minimum absolute atomic E-state index is 0.0673. The summed E-state index contributed by atoms with van der Waals surface area (Å²) in [5.41, 5.74) is 3.02. The highest BCUT2D eigenvalue weighted by Crippen LogP contribution is 2.41. The Morgan fingerprint density at radius 3 is 2.70 bits per heavy atom. The van der Waals surface area contributed by atoms with E-state index in [1.165, 1.54) is 11.0 Å². The Labute approximate surface area is 176 Å². The smallest absolute Gasteiger partial charge is 0.259 e. The van der Waals surface area contributed by atoms with E-state index < -0.39 is 17.8 Å². The maximum absolute atomic E-state index is 13.5. The SMILES string of the molecule is O=C1CCC(N2C(=O)c3ccc(Cc4ccc(F)c(Cl)c4)c4cccc2c34)C(=O)N1. The number of benzene rings is 3. The number of imide groups is 1. The molecule has 0 radical (unpaired) electrons. The van der Waals surface area contributed by atoms with Crippen molar-refractivity contribution in [3.63, 3.8) is 0 Å². The van der Waals surface area contributed by atoms with E-state index in [-0.39, 0.29) is 23.3 Å². The molecule has 0 spiro atoms. The molecule has 3 aromatic rings. The molecule has 2 aliphatic rings. The first-order valence-corrected chi connectivity index (χ1v) is 9.97. The first kappa shape index (κ1) is 18.8. The minimum atomic E-state index is -0.715. The minimum Gasteiger partial charge on any atom is -0.295 e. The van der Waals surface area contributed by atoms with Crippen molar-refractivity contribution in [3.8, 4) is 0 Å². The van der Waals surface area contributed by atoms with E-state index in [1.54, 1.807) is 18.2 Å². The molecule has 0 saturated carbocycles. The number of piperidine rings is 1. The molecule has 0 aromatic heterocycles. The fourth-order valence-corrected chi connectivity index (χ4v) is 4.53. The average Bonchev–Trinajstić information content (AvgIpc) is 3.00. The molecule has 5 nitrogen and oxygen atoms in total. The van der Waals surface area contributed by atoms with Crippen LogP contribution >= 0.6 is 11.6 Å². The second-order valence-corrected chi connectivity index (χ2v) is 7.95. The van der Waals surface area contributed by atoms with E-state index in [0.29, 0.717) is 24.1 Å². The number of halogens is 2. The monoisotopic (exact) mass is 422 g/mol. The number of nitrogens with one attached hydrogen (secondary N) is 1. The van der Waals surface area contributed by atoms with Crippen LogP contribution in [-0.4, -0.2) is 23.8 Å². The molecule has 1 N–H and O–H groups in total. The number of carbonyl (C=O) groups is 3. The van der Waals surface area contributed by atoms with Crippen molar-refractivity contribution in [2.45, 2.75) is 25.3 Å². The fraction of sp³-hybridized carbons (Fsp3) is 0.174. The molecule has 0 aliphatic carbocycles. The van der Waals surface area contributed by atoms with E-state index in [2.05, 4.69) is 5.32 Å². The Kier molecular flexibility index (Phi) is 4.33. The number of carbonyl (C=O) groups excluding carboxylic acids is 3. The molecule has 7 heteroatoms. The van der Waals surface area contributed by atoms with E-state index in [0.717, 1.165) is 21.9 Å². The molecule has 0 bridgehead atoms. The van der Waals surface area contributed by atoms with Crippen molar-refractivity contribution in [1.29, 1.82) is 0 Å². The Hall–Kier alpha value is -3.25. The average molecular weight is 423 g/mol. The van der Waals surface area contributed by atoms with Crippen molar-refractivity contribution in [2.24, 2.45) is 0 Å². The van der Waals surface area contributed by atoms with Gasteiger partial charge in [-0.05, 0) is 53.6 Å². The van der Waals surface area contributed by atoms with Gasteiger partial charge in [0.2, 0.25) is 11.8 Å². The van der Waals surface area contributed by atoms with Gasteiger partial charge in [0.1, 0.15) is 11.9 Å². The lowest BCUT2D eigenvalue weighted by atomic mass is 9.95. The van der Waals surface area contributed by atoms with Crippen LogP contribution in [0.5, 0.6) is 0 Å². The molecule has 3 aromatic carbocycles. The first-order chi connectivity index (χ1) is 14.4. The number of amides is 3. The van der Waals surface area contributed by atoms with E-state index >= 15 is 0 Å². The van der Waals surface area contributed by atoms with Crippen LogP contribution in [0.2, 0.25) is 5.02 Å². The summed E-state index contributed by atoms with van der Waals surface area (Å²) in [6.45, 7) is 0. The summed E-state index contributed by atoms with van der Waals surface area (Å²) in [7, 11) is 0. The van der Waals surface area contributed by atoms with Gasteiger partial charge in [-0.3, -0.25) is 24.6 Å². The van der Waals surface area contributed by atoms with Crippen LogP contribution < -0.4 is 10.2 Å². The number of rotatable bonds is 3. The lowest BCUT2D eigenvalue weighted by Gasteiger charge is -2.30. The first-order valence-electron chi connectivity index (χ1n) is 9.60. The van der Waals surface area contributed by atoms with Crippen LogP contribution in [-0.2, 0) is 16.0 Å². The van der Waals surface area contributed by atoms with Crippen LogP contribution in [0.15, 0.2) is 48.5 Å². The maximum Gasteiger partial charge on any atom is 0.259 e. The van der Waals surface area contributed by atoms with E-state index in [4.69, 9.17) is 11.6 Å². The number of hydrogen-bond acceptors (Lipinski definition) is 3. The predicted octanol–water partition coefficient (Wildman–Crippen LogP) is 3.99. The van der Waals surface area contributed by atoms with Crippen molar-refractivity contribution < 1.29 is 18.8 Å². The predicted molar refractivity (Wildman–Crippen MR) is 111 cm³/mol. The van der Waals surface area contributed by atoms with Crippen LogP contribution in [0.3, 0.4) is 0 Å². The van der Waals surface area contributed by atoms with Gasteiger partial charge >= 0.3 is 0 Å². The Balaban J connectivity index is 1.58. The molecular weight excluding hydrogens is 407 g/mol. The summed E-state index contributed by atoms with van der Waals surface area (Å²) < 4.78 is 13.5. The molecule has 1 fully saturated rings. The normalized spacial score (nSPS) is 18.3. The highest BCUT2D eigenvalue weighted by Gasteiger charge is 2.40. The van der Waals surface area contributed by atoms with Crippen LogP contribution in [0.25, 0.3) is 10.8 Å². The maximum atomic E-state index is 13.5. The van der Waals surface area contributed by atoms with Gasteiger partial charge in [0.15, 0.2) is 0 Å². The van der Waals surface area contributed by atoms with Crippen LogP contribution in [0.1, 0.15) is 34.3 Å². The van der Waals surface area contributed by atoms with E-state index in [9.17, 15) is 18.8 Å². The van der Waals surface area contributed by atoms with Gasteiger partial charge in [0.25, 0.3) is 5.91 Å². The highest BCUT2D eigenvalue weighted by atomic mass is 35.5. The number of nitrogens with zero attached hydrogens (tertiary/aromatic N) is 1. The second-order valence-electron chi connectivity index (χ2n) is 7.54. The zero-order valence-corrected chi connectivity index (χ0v) is 16.5. The highest BCUT2D eigenvalue weighted by molar-refractivity contribution is 6.30. The standard InChI is InChI=1S/C23H16ClFN2O3/c24-16-11-12(4-7-17(16)25)10-13-5-6-15-21-14(13)2-1-3-18(21)27(23(15)30)19-8-9-20(28)26-22(19)29/h1-7,11,19H,8-10H2,(H,26,28,29). The van der Waals surface area contributed by atoms with Gasteiger partial charge in [-0.1, -0.05) is 35.9 Å². The van der Waals surface area contributed by atoms with Crippen molar-refractivity contribution >= 4 is 45.8 Å². The Morgan fingerprint density at radius 1 is 1.10 bits per heavy atom. The topological polar surface area (TPSA) is 66.5 Å². The summed E-state index contributed by atoms with van der Waals surface area (Å²) in [6.07, 6.45) is 1.01. The third-order valence-electron chi connectivity index (χ3n) is 5.72. The number of anilines is 1. The third-order valence-corrected chi connectivity index (χ3v) is 6.01. The summed E-state index contributed by atoms with van der Waals surface area (Å²) >= 11 is 5.92. The molecule has 30 heavy (non-hydrogen) atoms. The second kappa shape index (κ2) is 6.92. The van der Waals surface area contributed by atoms with Crippen molar-refractivity contribution in [1.82, 2.24) is 5.32 Å². The zero-order chi connectivity index (χ0) is 21.0. The molecule has 5 rings (SSSR count). The van der Waals surface area contributed by atoms with Gasteiger partial charge in [0.05, 0.1) is 10.7 Å². The lowest BCUT2D eigenvalue weighted by molar-refractivity contribution is -0.134. The van der Waals surface area contributed by atoms with Gasteiger partial charge in [-0.25, -0.2) is 4.39 Å². The van der Waals surface area contributed by atoms with Gasteiger partial charge in [0, 0.05) is 17.4 Å². The largest absolute Gasteiger partial charge is 0.295 e. The quantitative estimate of drug-likeness (QED) is 0.649. The van der Waals surface area contributed by atoms with Crippen LogP contribution in [0, 0.1) is 5.82 Å². The van der Waals surface area contributed by atoms with Gasteiger partial charge < -0.3 is 0 Å². The van der Waals surface area contributed by atoms with Gasteiger partial charge in [-0.2, -0.15) is 0 Å². The van der Waals surface area contributed by atoms with Gasteiger partial charge in [-0.15, -0.1) is 0 Å². The van der Waals surface area contributed by atoms with Crippen LogP contribution in [0.4, 0.5) is 10.1 Å². The Bertz CT molecular complexity index is 1260. The molecule has 2 heterocycles. The third kappa shape index (κ3) is 2.87.